The molecular weight excluding hydrogens is 532 g/mol. The van der Waals surface area contributed by atoms with Crippen LogP contribution in [0.4, 0.5) is 0 Å². The summed E-state index contributed by atoms with van der Waals surface area (Å²) in [5, 5.41) is 9.48. The fourth-order valence-corrected chi connectivity index (χ4v) is 6.44. The van der Waals surface area contributed by atoms with E-state index in [1.807, 2.05) is 42.5 Å². The standard InChI is InChI=1S/C34H43ClN4O2/c1-2-25(26-9-5-3-6-10-26)24-39-20-15-31(37-32(34(39)41)16-19-38-17-7-4-8-18-38)23-36-33(40)29-12-11-28-22-30(35)14-13-27(28)21-29/h3,5-6,9-14,21-22,25,31-32,37H,2,4,7-8,15-20,23-24H2,1H3,(H,36,40)/t25?,31-,32-/m1/s1. The van der Waals surface area contributed by atoms with Crippen LogP contribution in [0, 0.1) is 0 Å². The van der Waals surface area contributed by atoms with Crippen LogP contribution in [0.2, 0.25) is 5.02 Å². The fraction of sp³-hybridized carbons (Fsp3) is 0.471. The maximum Gasteiger partial charge on any atom is 0.251 e. The molecule has 2 saturated heterocycles. The van der Waals surface area contributed by atoms with Gasteiger partial charge in [0, 0.05) is 48.7 Å². The zero-order chi connectivity index (χ0) is 28.6. The van der Waals surface area contributed by atoms with Crippen molar-refractivity contribution >= 4 is 34.2 Å². The summed E-state index contributed by atoms with van der Waals surface area (Å²) >= 11 is 6.12. The molecule has 6 nitrogen and oxygen atoms in total. The van der Waals surface area contributed by atoms with Crippen LogP contribution in [0.1, 0.15) is 67.3 Å². The maximum atomic E-state index is 13.9. The Morgan fingerprint density at radius 2 is 1.76 bits per heavy atom. The highest BCUT2D eigenvalue weighted by Gasteiger charge is 2.32. The van der Waals surface area contributed by atoms with Crippen LogP contribution in [-0.2, 0) is 4.79 Å². The van der Waals surface area contributed by atoms with E-state index in [-0.39, 0.29) is 23.9 Å². The number of amides is 2. The Morgan fingerprint density at radius 1 is 1.00 bits per heavy atom. The number of piperidine rings is 1. The first-order valence-corrected chi connectivity index (χ1v) is 15.7. The molecule has 0 spiro atoms. The van der Waals surface area contributed by atoms with E-state index >= 15 is 0 Å². The summed E-state index contributed by atoms with van der Waals surface area (Å²) in [7, 11) is 0. The lowest BCUT2D eigenvalue weighted by Crippen LogP contribution is -2.50. The van der Waals surface area contributed by atoms with E-state index in [0.717, 1.165) is 56.2 Å². The first-order chi connectivity index (χ1) is 20.0. The number of benzene rings is 3. The summed E-state index contributed by atoms with van der Waals surface area (Å²) < 4.78 is 0. The molecule has 218 valence electrons. The van der Waals surface area contributed by atoms with Crippen molar-refractivity contribution in [2.24, 2.45) is 0 Å². The second-order valence-corrected chi connectivity index (χ2v) is 12.0. The van der Waals surface area contributed by atoms with Crippen molar-refractivity contribution < 1.29 is 9.59 Å². The number of halogens is 1. The van der Waals surface area contributed by atoms with Gasteiger partial charge >= 0.3 is 0 Å². The predicted octanol–water partition coefficient (Wildman–Crippen LogP) is 5.85. The van der Waals surface area contributed by atoms with Crippen molar-refractivity contribution in [3.05, 3.63) is 82.9 Å². The summed E-state index contributed by atoms with van der Waals surface area (Å²) in [4.78, 5) is 31.6. The quantitative estimate of drug-likeness (QED) is 0.319. The Bertz CT molecular complexity index is 1310. The average molecular weight is 575 g/mol. The minimum absolute atomic E-state index is 0.0234. The second kappa shape index (κ2) is 14.3. The van der Waals surface area contributed by atoms with Gasteiger partial charge in [0.2, 0.25) is 5.91 Å². The lowest BCUT2D eigenvalue weighted by Gasteiger charge is -2.31. The number of nitrogens with zero attached hydrogens (tertiary/aromatic N) is 2. The molecule has 0 radical (unpaired) electrons. The normalized spacial score (nSPS) is 21.0. The zero-order valence-corrected chi connectivity index (χ0v) is 24.9. The number of fused-ring (bicyclic) bond motifs is 1. The van der Waals surface area contributed by atoms with Crippen LogP contribution >= 0.6 is 11.6 Å². The summed E-state index contributed by atoms with van der Waals surface area (Å²) in [5.74, 6) is 0.399. The van der Waals surface area contributed by atoms with Gasteiger partial charge in [0.05, 0.1) is 6.04 Å². The van der Waals surface area contributed by atoms with Crippen molar-refractivity contribution in [3.63, 3.8) is 0 Å². The molecule has 0 bridgehead atoms. The molecule has 3 atom stereocenters. The maximum absolute atomic E-state index is 13.9. The number of carbonyl (C=O) groups excluding carboxylic acids is 2. The van der Waals surface area contributed by atoms with E-state index in [1.165, 1.54) is 24.8 Å². The number of nitrogens with one attached hydrogen (secondary N) is 2. The van der Waals surface area contributed by atoms with Gasteiger partial charge in [-0.05, 0) is 85.8 Å². The number of likely N-dealkylation sites (tertiary alicyclic amines) is 1. The molecule has 3 aromatic rings. The molecule has 0 aliphatic carbocycles. The minimum atomic E-state index is -0.250. The highest BCUT2D eigenvalue weighted by molar-refractivity contribution is 6.31. The lowest BCUT2D eigenvalue weighted by atomic mass is 9.95. The van der Waals surface area contributed by atoms with Crippen LogP contribution in [-0.4, -0.2) is 73.0 Å². The number of carbonyl (C=O) groups is 2. The SMILES string of the molecule is CCC(CN1CC[C@H](CNC(=O)c2ccc3cc(Cl)ccc3c2)N[C@H](CCN2CCCCC2)C1=O)c1ccccc1. The molecule has 2 aliphatic heterocycles. The summed E-state index contributed by atoms with van der Waals surface area (Å²) in [5.41, 5.74) is 1.91. The van der Waals surface area contributed by atoms with Crippen LogP contribution in [0.15, 0.2) is 66.7 Å². The van der Waals surface area contributed by atoms with Gasteiger partial charge in [-0.25, -0.2) is 0 Å². The topological polar surface area (TPSA) is 64.7 Å². The Morgan fingerprint density at radius 3 is 2.54 bits per heavy atom. The Labute approximate surface area is 249 Å². The molecule has 5 rings (SSSR count). The highest BCUT2D eigenvalue weighted by atomic mass is 35.5. The number of hydrogen-bond donors (Lipinski definition) is 2. The first kappa shape index (κ1) is 29.6. The van der Waals surface area contributed by atoms with Gasteiger partial charge in [-0.1, -0.05) is 67.4 Å². The van der Waals surface area contributed by atoms with Gasteiger partial charge in [0.15, 0.2) is 0 Å². The molecule has 41 heavy (non-hydrogen) atoms. The van der Waals surface area contributed by atoms with E-state index in [1.54, 1.807) is 0 Å². The summed E-state index contributed by atoms with van der Waals surface area (Å²) in [6.07, 6.45) is 6.35. The smallest absolute Gasteiger partial charge is 0.251 e. The molecule has 3 aromatic carbocycles. The molecule has 2 heterocycles. The Kier molecular flexibility index (Phi) is 10.3. The van der Waals surface area contributed by atoms with Crippen LogP contribution in [0.5, 0.6) is 0 Å². The summed E-state index contributed by atoms with van der Waals surface area (Å²) in [6, 6.07) is 21.7. The van der Waals surface area contributed by atoms with Crippen molar-refractivity contribution in [2.75, 3.05) is 39.3 Å². The van der Waals surface area contributed by atoms with Gasteiger partial charge in [-0.3, -0.25) is 9.59 Å². The molecule has 7 heteroatoms. The van der Waals surface area contributed by atoms with Crippen molar-refractivity contribution in [2.45, 2.75) is 63.5 Å². The lowest BCUT2D eigenvalue weighted by molar-refractivity contribution is -0.133. The Balaban J connectivity index is 1.26. The van der Waals surface area contributed by atoms with Crippen LogP contribution < -0.4 is 10.6 Å². The average Bonchev–Trinajstić information content (AvgIpc) is 3.16. The monoisotopic (exact) mass is 574 g/mol. The van der Waals surface area contributed by atoms with Crippen LogP contribution in [0.3, 0.4) is 0 Å². The second-order valence-electron chi connectivity index (χ2n) is 11.6. The van der Waals surface area contributed by atoms with E-state index in [4.69, 9.17) is 11.6 Å². The molecule has 2 N–H and O–H groups in total. The van der Waals surface area contributed by atoms with E-state index in [0.29, 0.717) is 29.6 Å². The van der Waals surface area contributed by atoms with Gasteiger partial charge < -0.3 is 20.4 Å². The highest BCUT2D eigenvalue weighted by Crippen LogP contribution is 2.24. The molecule has 0 aromatic heterocycles. The van der Waals surface area contributed by atoms with Gasteiger partial charge in [-0.15, -0.1) is 0 Å². The van der Waals surface area contributed by atoms with E-state index in [9.17, 15) is 9.59 Å². The zero-order valence-electron chi connectivity index (χ0n) is 24.2. The molecule has 2 fully saturated rings. The third-order valence-corrected chi connectivity index (χ3v) is 8.99. The van der Waals surface area contributed by atoms with Gasteiger partial charge in [0.1, 0.15) is 0 Å². The van der Waals surface area contributed by atoms with Crippen molar-refractivity contribution in [3.8, 4) is 0 Å². The third kappa shape index (κ3) is 7.88. The predicted molar refractivity (Wildman–Crippen MR) is 168 cm³/mol. The van der Waals surface area contributed by atoms with Crippen molar-refractivity contribution in [1.82, 2.24) is 20.4 Å². The minimum Gasteiger partial charge on any atom is -0.350 e. The molecule has 2 amide bonds. The van der Waals surface area contributed by atoms with E-state index in [2.05, 4.69) is 51.6 Å². The molecule has 0 saturated carbocycles. The number of hydrogen-bond acceptors (Lipinski definition) is 4. The molecule has 2 aliphatic rings. The van der Waals surface area contributed by atoms with Crippen LogP contribution in [0.25, 0.3) is 10.8 Å². The fourth-order valence-electron chi connectivity index (χ4n) is 6.26. The van der Waals surface area contributed by atoms with E-state index < -0.39 is 0 Å². The van der Waals surface area contributed by atoms with Crippen molar-refractivity contribution in [1.29, 1.82) is 0 Å². The molecular formula is C34H43ClN4O2. The van der Waals surface area contributed by atoms with Gasteiger partial charge in [-0.2, -0.15) is 0 Å². The largest absolute Gasteiger partial charge is 0.350 e. The van der Waals surface area contributed by atoms with Gasteiger partial charge in [0.25, 0.3) is 5.91 Å². The molecule has 1 unspecified atom stereocenters. The third-order valence-electron chi connectivity index (χ3n) is 8.75. The first-order valence-electron chi connectivity index (χ1n) is 15.3. The Hall–Kier alpha value is -2.93. The number of rotatable bonds is 10. The summed E-state index contributed by atoms with van der Waals surface area (Å²) in [6.45, 7) is 7.25.